The number of nitrogens with one attached hydrogen (secondary N) is 1. The fourth-order valence-electron chi connectivity index (χ4n) is 4.54. The Kier molecular flexibility index (Phi) is 16.2. The number of hydrogen-bond donors (Lipinski definition) is 2. The molecule has 0 bridgehead atoms. The van der Waals surface area contributed by atoms with Crippen LogP contribution in [0.25, 0.3) is 46.5 Å². The van der Waals surface area contributed by atoms with E-state index in [0.29, 0.717) is 11.8 Å². The molecule has 10 nitrogen and oxygen atoms in total. The Morgan fingerprint density at radius 3 is 1.49 bits per heavy atom. The van der Waals surface area contributed by atoms with Gasteiger partial charge in [0.2, 0.25) is 11.8 Å². The highest BCUT2D eigenvalue weighted by Gasteiger charge is 2.38. The molecule has 0 aliphatic heterocycles. The molecule has 0 aliphatic carbocycles. The van der Waals surface area contributed by atoms with Crippen molar-refractivity contribution in [2.75, 3.05) is 24.3 Å². The van der Waals surface area contributed by atoms with Gasteiger partial charge in [-0.3, -0.25) is 4.90 Å². The molecular formula is C44H45F3N4O6. The van der Waals surface area contributed by atoms with E-state index in [4.69, 9.17) is 23.5 Å². The molecule has 2 aromatic heterocycles. The zero-order valence-electron chi connectivity index (χ0n) is 31.3. The van der Waals surface area contributed by atoms with Crippen LogP contribution in [0.5, 0.6) is 0 Å². The summed E-state index contributed by atoms with van der Waals surface area (Å²) in [6, 6.07) is 31.3. The fourth-order valence-corrected chi connectivity index (χ4v) is 4.54. The molecule has 0 fully saturated rings. The SMILES string of the molecule is C.CN(C(=O)OC(C)(C)C)c1ccc(/C=C/C=C/c2nc3ccccc3o2)cc1.CNc1ccc(/C=C/C=C/c2nc3ccccc3o2)cc1.O=C(O)C(F)(F)F. The summed E-state index contributed by atoms with van der Waals surface area (Å²) in [6.07, 6.45) is 9.93. The topological polar surface area (TPSA) is 131 Å². The van der Waals surface area contributed by atoms with Crippen LogP contribution in [0.3, 0.4) is 0 Å². The van der Waals surface area contributed by atoms with Crippen molar-refractivity contribution >= 4 is 69.9 Å². The van der Waals surface area contributed by atoms with E-state index in [1.807, 2.05) is 161 Å². The second-order valence-electron chi connectivity index (χ2n) is 12.8. The van der Waals surface area contributed by atoms with Gasteiger partial charge < -0.3 is 24.0 Å². The summed E-state index contributed by atoms with van der Waals surface area (Å²) in [5.74, 6) is -1.57. The van der Waals surface area contributed by atoms with E-state index < -0.39 is 17.7 Å². The molecule has 2 N–H and O–H groups in total. The van der Waals surface area contributed by atoms with Crippen molar-refractivity contribution in [3.8, 4) is 0 Å². The number of carboxylic acids is 1. The Morgan fingerprint density at radius 1 is 0.702 bits per heavy atom. The predicted molar refractivity (Wildman–Crippen MR) is 222 cm³/mol. The monoisotopic (exact) mass is 782 g/mol. The van der Waals surface area contributed by atoms with Gasteiger partial charge in [0.15, 0.2) is 11.2 Å². The molecule has 0 saturated carbocycles. The van der Waals surface area contributed by atoms with Crippen LogP contribution in [-0.4, -0.2) is 53.0 Å². The number of rotatable bonds is 8. The number of halogens is 3. The average molecular weight is 783 g/mol. The third-order valence-corrected chi connectivity index (χ3v) is 7.29. The summed E-state index contributed by atoms with van der Waals surface area (Å²) in [5.41, 5.74) is 6.83. The molecule has 6 rings (SSSR count). The predicted octanol–water partition coefficient (Wildman–Crippen LogP) is 11.8. The number of carboxylic acid groups (broad SMARTS) is 1. The maximum atomic E-state index is 12.1. The van der Waals surface area contributed by atoms with E-state index in [0.717, 1.165) is 44.7 Å². The highest BCUT2D eigenvalue weighted by molar-refractivity contribution is 5.87. The van der Waals surface area contributed by atoms with Gasteiger partial charge in [-0.15, -0.1) is 0 Å². The lowest BCUT2D eigenvalue weighted by Crippen LogP contribution is -2.34. The summed E-state index contributed by atoms with van der Waals surface area (Å²) in [7, 11) is 3.61. The average Bonchev–Trinajstić information content (AvgIpc) is 3.78. The molecule has 6 aromatic rings. The molecule has 1 amide bonds. The molecule has 0 spiro atoms. The summed E-state index contributed by atoms with van der Waals surface area (Å²) in [5, 5.41) is 10.2. The number of fused-ring (bicyclic) bond motifs is 2. The summed E-state index contributed by atoms with van der Waals surface area (Å²) in [6.45, 7) is 5.54. The number of amides is 1. The van der Waals surface area contributed by atoms with Gasteiger partial charge in [0, 0.05) is 37.6 Å². The maximum absolute atomic E-state index is 12.1. The molecule has 0 aliphatic rings. The van der Waals surface area contributed by atoms with Crippen molar-refractivity contribution in [1.82, 2.24) is 9.97 Å². The van der Waals surface area contributed by atoms with Gasteiger partial charge in [-0.25, -0.2) is 19.6 Å². The van der Waals surface area contributed by atoms with E-state index in [-0.39, 0.29) is 13.5 Å². The highest BCUT2D eigenvalue weighted by atomic mass is 19.4. The van der Waals surface area contributed by atoms with Crippen LogP contribution in [0.15, 0.2) is 130 Å². The van der Waals surface area contributed by atoms with Gasteiger partial charge in [0.25, 0.3) is 0 Å². The van der Waals surface area contributed by atoms with Crippen molar-refractivity contribution in [2.24, 2.45) is 0 Å². The Morgan fingerprint density at radius 2 is 1.11 bits per heavy atom. The number of oxazole rings is 2. The minimum Gasteiger partial charge on any atom is -0.475 e. The Balaban J connectivity index is 0.000000265. The van der Waals surface area contributed by atoms with E-state index in [9.17, 15) is 18.0 Å². The molecule has 13 heteroatoms. The lowest BCUT2D eigenvalue weighted by atomic mass is 10.2. The number of allylic oxidation sites excluding steroid dienone is 4. The fraction of sp³-hybridized carbons (Fsp3) is 0.182. The second-order valence-corrected chi connectivity index (χ2v) is 12.8. The number of carbonyl (C=O) groups is 2. The van der Waals surface area contributed by atoms with Crippen LogP contribution >= 0.6 is 0 Å². The molecule has 57 heavy (non-hydrogen) atoms. The molecule has 0 unspecified atom stereocenters. The van der Waals surface area contributed by atoms with Crippen molar-refractivity contribution in [3.05, 3.63) is 144 Å². The lowest BCUT2D eigenvalue weighted by Gasteiger charge is -2.24. The van der Waals surface area contributed by atoms with E-state index in [1.54, 1.807) is 7.05 Å². The molecular weight excluding hydrogens is 738 g/mol. The summed E-state index contributed by atoms with van der Waals surface area (Å²) < 4.78 is 48.4. The smallest absolute Gasteiger partial charge is 0.475 e. The number of hydrogen-bond acceptors (Lipinski definition) is 8. The molecule has 298 valence electrons. The number of benzene rings is 4. The molecule has 2 heterocycles. The Labute approximate surface area is 329 Å². The standard InChI is InChI=1S/C23H24N2O3.C18H16N2O.C2HF3O2.CH4/c1-23(2,3)28-22(26)25(4)18-15-13-17(14-16-18)9-5-8-12-21-24-19-10-6-7-11-20(19)27-21;1-19-15-12-10-14(11-13-15)6-2-5-9-18-20-16-7-3-4-8-17(16)21-18;3-2(4,5)1(6)7;/h5-16H,1-4H3;2-13,19H,1H3;(H,6,7);1H4/b9-5+,12-8+;6-2+,9-5+;;. The maximum Gasteiger partial charge on any atom is 0.490 e. The van der Waals surface area contributed by atoms with Crippen LogP contribution in [-0.2, 0) is 9.53 Å². The van der Waals surface area contributed by atoms with Crippen LogP contribution in [0.1, 0.15) is 51.1 Å². The minimum atomic E-state index is -5.08. The Hall–Kier alpha value is -6.89. The van der Waals surface area contributed by atoms with Gasteiger partial charge in [-0.2, -0.15) is 13.2 Å². The van der Waals surface area contributed by atoms with E-state index in [1.165, 1.54) is 4.90 Å². The van der Waals surface area contributed by atoms with Gasteiger partial charge in [0.05, 0.1) is 0 Å². The first kappa shape index (κ1) is 44.5. The minimum absolute atomic E-state index is 0. The van der Waals surface area contributed by atoms with Gasteiger partial charge in [-0.05, 0) is 80.4 Å². The number of anilines is 2. The van der Waals surface area contributed by atoms with Crippen molar-refractivity contribution in [3.63, 3.8) is 0 Å². The lowest BCUT2D eigenvalue weighted by molar-refractivity contribution is -0.192. The van der Waals surface area contributed by atoms with Crippen molar-refractivity contribution in [2.45, 2.75) is 40.0 Å². The van der Waals surface area contributed by atoms with Crippen LogP contribution in [0.2, 0.25) is 0 Å². The number of ether oxygens (including phenoxy) is 1. The summed E-state index contributed by atoms with van der Waals surface area (Å²) in [4.78, 5) is 31.3. The normalized spacial score (nSPS) is 11.6. The van der Waals surface area contributed by atoms with Crippen molar-refractivity contribution < 1.29 is 41.4 Å². The number of aliphatic carboxylic acids is 1. The molecule has 0 radical (unpaired) electrons. The molecule has 0 saturated heterocycles. The summed E-state index contributed by atoms with van der Waals surface area (Å²) >= 11 is 0. The number of carbonyl (C=O) groups excluding carboxylic acids is 1. The van der Waals surface area contributed by atoms with Gasteiger partial charge in [-0.1, -0.05) is 92.4 Å². The first-order chi connectivity index (χ1) is 26.6. The Bertz CT molecular complexity index is 2250. The zero-order valence-corrected chi connectivity index (χ0v) is 31.3. The zero-order chi connectivity index (χ0) is 40.7. The first-order valence-electron chi connectivity index (χ1n) is 17.2. The van der Waals surface area contributed by atoms with Gasteiger partial charge >= 0.3 is 18.2 Å². The quantitative estimate of drug-likeness (QED) is 0.145. The van der Waals surface area contributed by atoms with E-state index in [2.05, 4.69) is 27.4 Å². The number of nitrogens with zero attached hydrogens (tertiary/aromatic N) is 3. The highest BCUT2D eigenvalue weighted by Crippen LogP contribution is 2.20. The number of aromatic nitrogens is 2. The molecule has 0 atom stereocenters. The van der Waals surface area contributed by atoms with Crippen LogP contribution in [0.4, 0.5) is 29.3 Å². The largest absolute Gasteiger partial charge is 0.490 e. The number of alkyl halides is 3. The first-order valence-corrected chi connectivity index (χ1v) is 17.2. The van der Waals surface area contributed by atoms with Crippen LogP contribution < -0.4 is 10.2 Å². The van der Waals surface area contributed by atoms with Crippen molar-refractivity contribution in [1.29, 1.82) is 0 Å². The third kappa shape index (κ3) is 14.7. The second kappa shape index (κ2) is 20.7. The van der Waals surface area contributed by atoms with Crippen LogP contribution in [0, 0.1) is 0 Å². The van der Waals surface area contributed by atoms with Gasteiger partial charge in [0.1, 0.15) is 16.6 Å². The third-order valence-electron chi connectivity index (χ3n) is 7.29. The number of para-hydroxylation sites is 4. The van der Waals surface area contributed by atoms with E-state index >= 15 is 0 Å². The molecule has 4 aromatic carbocycles.